The predicted molar refractivity (Wildman–Crippen MR) is 78.6 cm³/mol. The molecule has 0 saturated carbocycles. The lowest BCUT2D eigenvalue weighted by molar-refractivity contribution is -0.00437. The van der Waals surface area contributed by atoms with Crippen molar-refractivity contribution in [3.05, 3.63) is 28.2 Å². The minimum atomic E-state index is 0.181. The lowest BCUT2D eigenvalue weighted by Gasteiger charge is -2.35. The van der Waals surface area contributed by atoms with Crippen LogP contribution in [0.2, 0.25) is 0 Å². The summed E-state index contributed by atoms with van der Waals surface area (Å²) >= 11 is 3.54. The smallest absolute Gasteiger partial charge is 0.127 e. The summed E-state index contributed by atoms with van der Waals surface area (Å²) in [5, 5.41) is 3.56. The summed E-state index contributed by atoms with van der Waals surface area (Å²) in [7, 11) is 0. The zero-order valence-electron chi connectivity index (χ0n) is 11.2. The molecule has 3 rings (SSSR count). The van der Waals surface area contributed by atoms with Gasteiger partial charge in [0.15, 0.2) is 0 Å². The molecule has 2 aliphatic rings. The molecule has 1 aromatic rings. The summed E-state index contributed by atoms with van der Waals surface area (Å²) < 4.78 is 13.1. The van der Waals surface area contributed by atoms with Crippen molar-refractivity contribution < 1.29 is 9.47 Å². The Morgan fingerprint density at radius 1 is 1.37 bits per heavy atom. The Bertz CT molecular complexity index is 446. The Hall–Kier alpha value is -0.580. The molecular formula is C15H20BrNO2. The van der Waals surface area contributed by atoms with Gasteiger partial charge in [-0.2, -0.15) is 0 Å². The molecule has 3 nitrogen and oxygen atoms in total. The van der Waals surface area contributed by atoms with E-state index in [0.717, 1.165) is 42.6 Å². The summed E-state index contributed by atoms with van der Waals surface area (Å²) in [6, 6.07) is 6.62. The minimum Gasteiger partial charge on any atom is -0.487 e. The Balaban J connectivity index is 1.85. The molecule has 1 fully saturated rings. The molecule has 0 amide bonds. The number of benzene rings is 1. The van der Waals surface area contributed by atoms with Crippen molar-refractivity contribution in [3.63, 3.8) is 0 Å². The van der Waals surface area contributed by atoms with Crippen LogP contribution in [0.4, 0.5) is 0 Å². The molecule has 4 heteroatoms. The van der Waals surface area contributed by atoms with Gasteiger partial charge in [0.05, 0.1) is 6.10 Å². The first kappa shape index (κ1) is 13.4. The van der Waals surface area contributed by atoms with Crippen molar-refractivity contribution in [1.82, 2.24) is 5.32 Å². The molecular weight excluding hydrogens is 306 g/mol. The van der Waals surface area contributed by atoms with E-state index in [4.69, 9.17) is 9.47 Å². The van der Waals surface area contributed by atoms with Crippen LogP contribution in [0, 0.1) is 0 Å². The number of nitrogens with one attached hydrogen (secondary N) is 1. The van der Waals surface area contributed by atoms with Crippen LogP contribution in [0.5, 0.6) is 5.75 Å². The number of hydrogen-bond donors (Lipinski definition) is 1. The normalized spacial score (nSPS) is 29.9. The number of halogens is 1. The first-order valence-corrected chi connectivity index (χ1v) is 7.88. The van der Waals surface area contributed by atoms with Crippen molar-refractivity contribution >= 4 is 15.9 Å². The van der Waals surface area contributed by atoms with Gasteiger partial charge >= 0.3 is 0 Å². The van der Waals surface area contributed by atoms with Crippen molar-refractivity contribution in [2.75, 3.05) is 13.2 Å². The van der Waals surface area contributed by atoms with E-state index in [1.807, 2.05) is 6.07 Å². The molecule has 2 aliphatic heterocycles. The Morgan fingerprint density at radius 3 is 3.00 bits per heavy atom. The first-order valence-electron chi connectivity index (χ1n) is 7.09. The molecule has 1 aromatic carbocycles. The largest absolute Gasteiger partial charge is 0.487 e. The van der Waals surface area contributed by atoms with Crippen LogP contribution in [0.15, 0.2) is 22.7 Å². The highest BCUT2D eigenvalue weighted by atomic mass is 79.9. The van der Waals surface area contributed by atoms with Crippen molar-refractivity contribution in [1.29, 1.82) is 0 Å². The van der Waals surface area contributed by atoms with Crippen molar-refractivity contribution in [2.24, 2.45) is 0 Å². The van der Waals surface area contributed by atoms with Gasteiger partial charge in [0, 0.05) is 29.1 Å². The zero-order valence-corrected chi connectivity index (χ0v) is 12.8. The average molecular weight is 326 g/mol. The Morgan fingerprint density at radius 2 is 2.26 bits per heavy atom. The maximum atomic E-state index is 6.16. The minimum absolute atomic E-state index is 0.181. The predicted octanol–water partition coefficient (Wildman–Crippen LogP) is 3.43. The summed E-state index contributed by atoms with van der Waals surface area (Å²) in [6.07, 6.45) is 3.71. The number of rotatable bonds is 3. The molecule has 1 saturated heterocycles. The van der Waals surface area contributed by atoms with E-state index in [1.54, 1.807) is 0 Å². The van der Waals surface area contributed by atoms with Gasteiger partial charge in [0.2, 0.25) is 0 Å². The number of fused-ring (bicyclic) bond motifs is 1. The molecule has 2 heterocycles. The molecule has 0 bridgehead atoms. The van der Waals surface area contributed by atoms with Crippen LogP contribution in [0.3, 0.4) is 0 Å². The second-order valence-electron chi connectivity index (χ2n) is 5.24. The van der Waals surface area contributed by atoms with Crippen LogP contribution < -0.4 is 10.1 Å². The van der Waals surface area contributed by atoms with E-state index in [1.165, 1.54) is 5.56 Å². The van der Waals surface area contributed by atoms with Crippen LogP contribution in [0.1, 0.15) is 37.8 Å². The molecule has 104 valence electrons. The Labute approximate surface area is 122 Å². The van der Waals surface area contributed by atoms with Gasteiger partial charge in [0.25, 0.3) is 0 Å². The molecule has 0 aromatic heterocycles. The lowest BCUT2D eigenvalue weighted by Crippen LogP contribution is -2.39. The van der Waals surface area contributed by atoms with Crippen LogP contribution in [-0.4, -0.2) is 25.4 Å². The summed E-state index contributed by atoms with van der Waals surface area (Å²) in [5.41, 5.74) is 1.26. The van der Waals surface area contributed by atoms with Gasteiger partial charge < -0.3 is 14.8 Å². The van der Waals surface area contributed by atoms with E-state index in [9.17, 15) is 0 Å². The fraction of sp³-hybridized carbons (Fsp3) is 0.600. The van der Waals surface area contributed by atoms with Crippen molar-refractivity contribution in [3.8, 4) is 5.75 Å². The van der Waals surface area contributed by atoms with Gasteiger partial charge in [-0.05, 0) is 37.6 Å². The molecule has 0 aliphatic carbocycles. The Kier molecular flexibility index (Phi) is 4.10. The third-order valence-electron chi connectivity index (χ3n) is 3.92. The molecule has 3 unspecified atom stereocenters. The highest BCUT2D eigenvalue weighted by Crippen LogP contribution is 2.39. The second-order valence-corrected chi connectivity index (χ2v) is 6.15. The van der Waals surface area contributed by atoms with E-state index >= 15 is 0 Å². The van der Waals surface area contributed by atoms with Crippen LogP contribution in [-0.2, 0) is 4.74 Å². The number of ether oxygens (including phenoxy) is 2. The quantitative estimate of drug-likeness (QED) is 0.923. The van der Waals surface area contributed by atoms with E-state index in [0.29, 0.717) is 6.04 Å². The molecule has 3 atom stereocenters. The van der Waals surface area contributed by atoms with E-state index in [-0.39, 0.29) is 12.2 Å². The maximum absolute atomic E-state index is 6.16. The highest BCUT2D eigenvalue weighted by molar-refractivity contribution is 9.10. The van der Waals surface area contributed by atoms with Gasteiger partial charge in [0.1, 0.15) is 11.9 Å². The van der Waals surface area contributed by atoms with E-state index in [2.05, 4.69) is 40.3 Å². The molecule has 0 radical (unpaired) electrons. The van der Waals surface area contributed by atoms with Gasteiger partial charge in [-0.3, -0.25) is 0 Å². The fourth-order valence-corrected chi connectivity index (χ4v) is 3.41. The molecule has 0 spiro atoms. The van der Waals surface area contributed by atoms with Gasteiger partial charge in [-0.15, -0.1) is 0 Å². The van der Waals surface area contributed by atoms with Gasteiger partial charge in [-0.25, -0.2) is 0 Å². The van der Waals surface area contributed by atoms with Crippen LogP contribution >= 0.6 is 15.9 Å². The van der Waals surface area contributed by atoms with Gasteiger partial charge in [-0.1, -0.05) is 22.9 Å². The second kappa shape index (κ2) is 5.81. The maximum Gasteiger partial charge on any atom is 0.127 e. The third-order valence-corrected chi connectivity index (χ3v) is 4.42. The summed E-state index contributed by atoms with van der Waals surface area (Å²) in [5.74, 6) is 1.00. The van der Waals surface area contributed by atoms with E-state index < -0.39 is 0 Å². The van der Waals surface area contributed by atoms with Crippen molar-refractivity contribution in [2.45, 2.75) is 44.4 Å². The lowest BCUT2D eigenvalue weighted by atomic mass is 9.93. The molecule has 19 heavy (non-hydrogen) atoms. The monoisotopic (exact) mass is 325 g/mol. The SMILES string of the molecule is CCNC1CC(C2CCCO2)Oc2ccc(Br)cc21. The zero-order chi connectivity index (χ0) is 13.2. The standard InChI is InChI=1S/C15H20BrNO2/c1-2-17-12-9-15(14-4-3-7-18-14)19-13-6-5-10(16)8-11(12)13/h5-6,8,12,14-15,17H,2-4,7,9H2,1H3. The average Bonchev–Trinajstić information content (AvgIpc) is 2.93. The summed E-state index contributed by atoms with van der Waals surface area (Å²) in [4.78, 5) is 0. The topological polar surface area (TPSA) is 30.5 Å². The molecule has 1 N–H and O–H groups in total. The number of hydrogen-bond acceptors (Lipinski definition) is 3. The van der Waals surface area contributed by atoms with Crippen LogP contribution in [0.25, 0.3) is 0 Å². The fourth-order valence-electron chi connectivity index (χ4n) is 3.03. The third kappa shape index (κ3) is 2.81. The summed E-state index contributed by atoms with van der Waals surface area (Å²) in [6.45, 7) is 3.99. The highest BCUT2D eigenvalue weighted by Gasteiger charge is 2.35. The first-order chi connectivity index (χ1) is 9.28.